The number of nitrogens with one attached hydrogen (secondary N) is 1. The van der Waals surface area contributed by atoms with Crippen molar-refractivity contribution in [3.05, 3.63) is 30.3 Å². The smallest absolute Gasteiger partial charge is 0.250 e. The Morgan fingerprint density at radius 2 is 1.86 bits per heavy atom. The molecule has 2 fully saturated rings. The van der Waals surface area contributed by atoms with E-state index in [-0.39, 0.29) is 11.8 Å². The molecule has 0 radical (unpaired) electrons. The summed E-state index contributed by atoms with van der Waals surface area (Å²) in [4.78, 5) is 28.6. The minimum absolute atomic E-state index is 0.0226. The summed E-state index contributed by atoms with van der Waals surface area (Å²) in [6, 6.07) is 9.34. The largest absolute Gasteiger partial charge is 0.345 e. The van der Waals surface area contributed by atoms with Gasteiger partial charge in [0.1, 0.15) is 6.04 Å². The Hall–Kier alpha value is -2.97. The molecule has 9 heteroatoms. The zero-order valence-electron chi connectivity index (χ0n) is 16.7. The summed E-state index contributed by atoms with van der Waals surface area (Å²) in [5.41, 5.74) is 0.900. The summed E-state index contributed by atoms with van der Waals surface area (Å²) < 4.78 is 1.72. The molecule has 2 amide bonds. The predicted octanol–water partition coefficient (Wildman–Crippen LogP) is 1.01. The lowest BCUT2D eigenvalue weighted by Gasteiger charge is -2.37. The molecule has 0 unspecified atom stereocenters. The average Bonchev–Trinajstić information content (AvgIpc) is 3.19. The monoisotopic (exact) mass is 397 g/mol. The lowest BCUT2D eigenvalue weighted by Crippen LogP contribution is -2.55. The van der Waals surface area contributed by atoms with Gasteiger partial charge in [0.2, 0.25) is 17.8 Å². The Kier molecular flexibility index (Phi) is 5.73. The minimum Gasteiger partial charge on any atom is -0.345 e. The van der Waals surface area contributed by atoms with Crippen LogP contribution in [0.25, 0.3) is 5.69 Å². The molecule has 1 atom stereocenters. The molecule has 2 heterocycles. The van der Waals surface area contributed by atoms with Crippen molar-refractivity contribution in [3.63, 3.8) is 0 Å². The van der Waals surface area contributed by atoms with Gasteiger partial charge in [0.05, 0.1) is 5.69 Å². The van der Waals surface area contributed by atoms with E-state index in [2.05, 4.69) is 25.7 Å². The lowest BCUT2D eigenvalue weighted by molar-refractivity contribution is -0.137. The van der Waals surface area contributed by atoms with Crippen LogP contribution in [0.4, 0.5) is 5.95 Å². The standard InChI is InChI=1S/C20H27N7O2/c1-15(28)21-18(14-16-6-5-7-16)19(29)25-10-12-26(13-11-25)20-22-23-24-27(20)17-8-3-2-4-9-17/h2-4,8-9,16,18H,5-7,10-14H2,1H3,(H,21,28)/t18-/m1/s1. The van der Waals surface area contributed by atoms with E-state index < -0.39 is 6.04 Å². The SMILES string of the molecule is CC(=O)N[C@H](CC1CCC1)C(=O)N1CCN(c2nnnn2-c2ccccc2)CC1. The van der Waals surface area contributed by atoms with Gasteiger partial charge in [0.15, 0.2) is 0 Å². The van der Waals surface area contributed by atoms with Crippen LogP contribution >= 0.6 is 0 Å². The molecule has 2 aliphatic rings. The van der Waals surface area contributed by atoms with Crippen molar-refractivity contribution >= 4 is 17.8 Å². The molecule has 1 aliphatic carbocycles. The molecule has 4 rings (SSSR count). The number of tetrazole rings is 1. The Labute approximate surface area is 170 Å². The number of hydrogen-bond acceptors (Lipinski definition) is 6. The Morgan fingerprint density at radius 3 is 2.48 bits per heavy atom. The maximum absolute atomic E-state index is 13.0. The second-order valence-electron chi connectivity index (χ2n) is 7.82. The summed E-state index contributed by atoms with van der Waals surface area (Å²) in [6.07, 6.45) is 4.27. The summed E-state index contributed by atoms with van der Waals surface area (Å²) >= 11 is 0. The number of anilines is 1. The molecule has 2 aromatic rings. The van der Waals surface area contributed by atoms with Crippen molar-refractivity contribution < 1.29 is 9.59 Å². The van der Waals surface area contributed by atoms with Crippen LogP contribution in [0.1, 0.15) is 32.6 Å². The molecule has 9 nitrogen and oxygen atoms in total. The number of carbonyl (C=O) groups is 2. The molecular formula is C20H27N7O2. The van der Waals surface area contributed by atoms with Gasteiger partial charge in [0.25, 0.3) is 0 Å². The van der Waals surface area contributed by atoms with Gasteiger partial charge in [-0.1, -0.05) is 42.6 Å². The molecule has 1 aromatic carbocycles. The summed E-state index contributed by atoms with van der Waals surface area (Å²) in [5.74, 6) is 1.10. The first-order chi connectivity index (χ1) is 14.1. The first kappa shape index (κ1) is 19.4. The normalized spacial score (nSPS) is 18.2. The van der Waals surface area contributed by atoms with Crippen molar-refractivity contribution in [2.45, 2.75) is 38.6 Å². The molecule has 0 bridgehead atoms. The second kappa shape index (κ2) is 8.59. The number of piperazine rings is 1. The summed E-state index contributed by atoms with van der Waals surface area (Å²) in [7, 11) is 0. The molecule has 29 heavy (non-hydrogen) atoms. The molecule has 1 N–H and O–H groups in total. The number of nitrogens with zero attached hydrogens (tertiary/aromatic N) is 6. The third-order valence-electron chi connectivity index (χ3n) is 5.80. The molecular weight excluding hydrogens is 370 g/mol. The molecule has 1 saturated carbocycles. The van der Waals surface area contributed by atoms with Gasteiger partial charge in [-0.25, -0.2) is 0 Å². The van der Waals surface area contributed by atoms with E-state index >= 15 is 0 Å². The van der Waals surface area contributed by atoms with Crippen LogP contribution in [0.5, 0.6) is 0 Å². The van der Waals surface area contributed by atoms with Crippen LogP contribution in [0.3, 0.4) is 0 Å². The van der Waals surface area contributed by atoms with Gasteiger partial charge < -0.3 is 15.1 Å². The van der Waals surface area contributed by atoms with Crippen molar-refractivity contribution in [3.8, 4) is 5.69 Å². The van der Waals surface area contributed by atoms with E-state index in [0.29, 0.717) is 38.0 Å². The minimum atomic E-state index is -0.418. The number of hydrogen-bond donors (Lipinski definition) is 1. The van der Waals surface area contributed by atoms with E-state index in [9.17, 15) is 9.59 Å². The van der Waals surface area contributed by atoms with Crippen molar-refractivity contribution in [1.29, 1.82) is 0 Å². The summed E-state index contributed by atoms with van der Waals surface area (Å²) in [6.45, 7) is 3.94. The predicted molar refractivity (Wildman–Crippen MR) is 108 cm³/mol. The van der Waals surface area contributed by atoms with Gasteiger partial charge in [-0.05, 0) is 34.9 Å². The second-order valence-corrected chi connectivity index (χ2v) is 7.82. The zero-order valence-corrected chi connectivity index (χ0v) is 16.7. The van der Waals surface area contributed by atoms with Gasteiger partial charge in [-0.3, -0.25) is 9.59 Å². The molecule has 1 aromatic heterocycles. The fourth-order valence-electron chi connectivity index (χ4n) is 3.99. The van der Waals surface area contributed by atoms with E-state index in [0.717, 1.165) is 24.9 Å². The number of rotatable bonds is 6. The van der Waals surface area contributed by atoms with E-state index in [1.807, 2.05) is 35.2 Å². The van der Waals surface area contributed by atoms with Crippen LogP contribution in [0, 0.1) is 5.92 Å². The summed E-state index contributed by atoms with van der Waals surface area (Å²) in [5, 5.41) is 15.0. The third-order valence-corrected chi connectivity index (χ3v) is 5.80. The van der Waals surface area contributed by atoms with Gasteiger partial charge >= 0.3 is 0 Å². The van der Waals surface area contributed by atoms with Crippen molar-refractivity contribution in [1.82, 2.24) is 30.4 Å². The highest BCUT2D eigenvalue weighted by Crippen LogP contribution is 2.31. The first-order valence-corrected chi connectivity index (χ1v) is 10.3. The Balaban J connectivity index is 1.39. The fraction of sp³-hybridized carbons (Fsp3) is 0.550. The third kappa shape index (κ3) is 4.38. The number of amides is 2. The van der Waals surface area contributed by atoms with Crippen LogP contribution in [-0.4, -0.2) is 69.1 Å². The maximum Gasteiger partial charge on any atom is 0.250 e. The van der Waals surface area contributed by atoms with Crippen LogP contribution in [0.15, 0.2) is 30.3 Å². The molecule has 0 spiro atoms. The topological polar surface area (TPSA) is 96.2 Å². The number of benzene rings is 1. The first-order valence-electron chi connectivity index (χ1n) is 10.3. The molecule has 1 saturated heterocycles. The highest BCUT2D eigenvalue weighted by molar-refractivity contribution is 5.87. The Morgan fingerprint density at radius 1 is 1.14 bits per heavy atom. The fourth-order valence-corrected chi connectivity index (χ4v) is 3.99. The van der Waals surface area contributed by atoms with Gasteiger partial charge in [-0.2, -0.15) is 4.68 Å². The number of aromatic nitrogens is 4. The van der Waals surface area contributed by atoms with Gasteiger partial charge in [-0.15, -0.1) is 0 Å². The van der Waals surface area contributed by atoms with Gasteiger partial charge in [0, 0.05) is 33.1 Å². The van der Waals surface area contributed by atoms with E-state index in [4.69, 9.17) is 0 Å². The molecule has 154 valence electrons. The van der Waals surface area contributed by atoms with Crippen molar-refractivity contribution in [2.24, 2.45) is 5.92 Å². The van der Waals surface area contributed by atoms with Crippen molar-refractivity contribution in [2.75, 3.05) is 31.1 Å². The highest BCUT2D eigenvalue weighted by atomic mass is 16.2. The lowest BCUT2D eigenvalue weighted by atomic mass is 9.80. The van der Waals surface area contributed by atoms with Crippen LogP contribution < -0.4 is 10.2 Å². The quantitative estimate of drug-likeness (QED) is 0.781. The maximum atomic E-state index is 13.0. The Bertz CT molecular complexity index is 842. The highest BCUT2D eigenvalue weighted by Gasteiger charge is 2.32. The zero-order chi connectivity index (χ0) is 20.2. The number of para-hydroxylation sites is 1. The number of carbonyl (C=O) groups excluding carboxylic acids is 2. The van der Waals surface area contributed by atoms with E-state index in [1.165, 1.54) is 13.3 Å². The van der Waals surface area contributed by atoms with E-state index in [1.54, 1.807) is 4.68 Å². The van der Waals surface area contributed by atoms with Crippen LogP contribution in [-0.2, 0) is 9.59 Å². The molecule has 1 aliphatic heterocycles. The average molecular weight is 397 g/mol. The van der Waals surface area contributed by atoms with Crippen LogP contribution in [0.2, 0.25) is 0 Å².